The number of carbonyl (C=O) groups excluding carboxylic acids is 1. The summed E-state index contributed by atoms with van der Waals surface area (Å²) in [5.74, 6) is 0.376. The largest absolute Gasteiger partial charge is 0.465 e. The number of aromatic amines is 1. The van der Waals surface area contributed by atoms with E-state index in [1.807, 2.05) is 6.07 Å². The Hall–Kier alpha value is -3.37. The van der Waals surface area contributed by atoms with Gasteiger partial charge in [0, 0.05) is 0 Å². The summed E-state index contributed by atoms with van der Waals surface area (Å²) in [7, 11) is 0. The Morgan fingerprint density at radius 3 is 2.69 bits per heavy atom. The van der Waals surface area contributed by atoms with Crippen LogP contribution in [0.2, 0.25) is 0 Å². The maximum Gasteiger partial charge on any atom is 0.341 e. The van der Waals surface area contributed by atoms with Crippen molar-refractivity contribution in [1.29, 1.82) is 5.26 Å². The van der Waals surface area contributed by atoms with Gasteiger partial charge in [0.05, 0.1) is 41.5 Å². The van der Waals surface area contributed by atoms with E-state index in [0.717, 1.165) is 0 Å². The fourth-order valence-corrected chi connectivity index (χ4v) is 2.74. The quantitative estimate of drug-likeness (QED) is 0.514. The van der Waals surface area contributed by atoms with E-state index in [0.29, 0.717) is 22.8 Å². The van der Waals surface area contributed by atoms with Crippen molar-refractivity contribution in [1.82, 2.24) is 4.98 Å². The summed E-state index contributed by atoms with van der Waals surface area (Å²) in [4.78, 5) is 15.6. The number of nitrogens with zero attached hydrogens (tertiary/aromatic N) is 1. The molecular formula is C19H14N2O4S. The second-order valence-corrected chi connectivity index (χ2v) is 5.56. The van der Waals surface area contributed by atoms with Crippen molar-refractivity contribution in [2.75, 3.05) is 6.61 Å². The first-order chi connectivity index (χ1) is 12.7. The molecule has 130 valence electrons. The molecule has 0 unspecified atom stereocenters. The SMILES string of the molecule is CCOC(=O)c1c(C=Cc2ccco2)[nH]c(=S)c(C#N)c1-c1ccco1. The van der Waals surface area contributed by atoms with Crippen LogP contribution in [0.15, 0.2) is 45.6 Å². The number of esters is 1. The Morgan fingerprint density at radius 2 is 2.08 bits per heavy atom. The zero-order chi connectivity index (χ0) is 18.5. The van der Waals surface area contributed by atoms with Crippen molar-refractivity contribution in [3.63, 3.8) is 0 Å². The van der Waals surface area contributed by atoms with Crippen LogP contribution in [0.5, 0.6) is 0 Å². The molecule has 7 heteroatoms. The van der Waals surface area contributed by atoms with Gasteiger partial charge in [-0.25, -0.2) is 4.79 Å². The number of nitrogens with one attached hydrogen (secondary N) is 1. The Labute approximate surface area is 154 Å². The molecular weight excluding hydrogens is 352 g/mol. The maximum absolute atomic E-state index is 12.6. The smallest absolute Gasteiger partial charge is 0.341 e. The van der Waals surface area contributed by atoms with Gasteiger partial charge in [-0.2, -0.15) is 5.26 Å². The molecule has 6 nitrogen and oxygen atoms in total. The number of ether oxygens (including phenoxy) is 1. The molecule has 0 aliphatic carbocycles. The molecule has 0 spiro atoms. The molecule has 0 bridgehead atoms. The molecule has 1 N–H and O–H groups in total. The minimum Gasteiger partial charge on any atom is -0.465 e. The van der Waals surface area contributed by atoms with Crippen molar-refractivity contribution in [2.45, 2.75) is 6.92 Å². The highest BCUT2D eigenvalue weighted by Crippen LogP contribution is 2.31. The van der Waals surface area contributed by atoms with E-state index in [-0.39, 0.29) is 22.4 Å². The van der Waals surface area contributed by atoms with Crippen molar-refractivity contribution < 1.29 is 18.4 Å². The minimum atomic E-state index is -0.583. The van der Waals surface area contributed by atoms with Gasteiger partial charge in [0.1, 0.15) is 22.2 Å². The van der Waals surface area contributed by atoms with Gasteiger partial charge in [-0.05, 0) is 43.3 Å². The van der Waals surface area contributed by atoms with Gasteiger partial charge in [-0.15, -0.1) is 0 Å². The van der Waals surface area contributed by atoms with Gasteiger partial charge in [-0.1, -0.05) is 12.2 Å². The van der Waals surface area contributed by atoms with Crippen LogP contribution in [0.3, 0.4) is 0 Å². The van der Waals surface area contributed by atoms with Gasteiger partial charge >= 0.3 is 5.97 Å². The Balaban J connectivity index is 2.28. The zero-order valence-electron chi connectivity index (χ0n) is 13.8. The first-order valence-corrected chi connectivity index (χ1v) is 8.19. The standard InChI is InChI=1S/C19H14N2O4S/c1-2-23-19(22)17-14(8-7-12-5-3-9-24-12)21-18(26)13(11-20)16(17)15-6-4-10-25-15/h3-10H,2H2,1H3,(H,21,26). The van der Waals surface area contributed by atoms with Gasteiger partial charge in [-0.3, -0.25) is 0 Å². The number of hydrogen-bond acceptors (Lipinski definition) is 6. The molecule has 3 aromatic heterocycles. The Kier molecular flexibility index (Phi) is 5.15. The van der Waals surface area contributed by atoms with Gasteiger partial charge < -0.3 is 18.6 Å². The van der Waals surface area contributed by atoms with Gasteiger partial charge in [0.2, 0.25) is 0 Å². The summed E-state index contributed by atoms with van der Waals surface area (Å²) in [5.41, 5.74) is 1.02. The molecule has 26 heavy (non-hydrogen) atoms. The zero-order valence-corrected chi connectivity index (χ0v) is 14.6. The predicted octanol–water partition coefficient (Wildman–Crippen LogP) is 4.82. The van der Waals surface area contributed by atoms with Crippen LogP contribution in [-0.2, 0) is 4.74 Å². The van der Waals surface area contributed by atoms with Crippen LogP contribution in [0.25, 0.3) is 23.5 Å². The third-order valence-corrected chi connectivity index (χ3v) is 3.87. The lowest BCUT2D eigenvalue weighted by molar-refractivity contribution is 0.0526. The first-order valence-electron chi connectivity index (χ1n) is 7.78. The molecule has 0 atom stereocenters. The van der Waals surface area contributed by atoms with Gasteiger partial charge in [0.15, 0.2) is 0 Å². The summed E-state index contributed by atoms with van der Waals surface area (Å²) in [5, 5.41) is 9.54. The predicted molar refractivity (Wildman–Crippen MR) is 97.6 cm³/mol. The van der Waals surface area contributed by atoms with Crippen LogP contribution in [0.1, 0.15) is 34.3 Å². The molecule has 0 amide bonds. The molecule has 0 radical (unpaired) electrons. The van der Waals surface area contributed by atoms with Crippen LogP contribution in [0.4, 0.5) is 0 Å². The number of H-pyrrole nitrogens is 1. The summed E-state index contributed by atoms with van der Waals surface area (Å²) >= 11 is 5.30. The fourth-order valence-electron chi connectivity index (χ4n) is 2.49. The molecule has 3 heterocycles. The topological polar surface area (TPSA) is 92.2 Å². The van der Waals surface area contributed by atoms with Crippen molar-refractivity contribution >= 4 is 30.3 Å². The number of hydrogen-bond donors (Lipinski definition) is 1. The lowest BCUT2D eigenvalue weighted by atomic mass is 9.99. The molecule has 0 saturated heterocycles. The minimum absolute atomic E-state index is 0.146. The van der Waals surface area contributed by atoms with Gasteiger partial charge in [0.25, 0.3) is 0 Å². The second-order valence-electron chi connectivity index (χ2n) is 5.15. The average Bonchev–Trinajstić information content (AvgIpc) is 3.33. The normalized spacial score (nSPS) is 10.8. The number of pyridine rings is 1. The summed E-state index contributed by atoms with van der Waals surface area (Å²) in [6.45, 7) is 1.90. The lowest BCUT2D eigenvalue weighted by Gasteiger charge is -2.12. The maximum atomic E-state index is 12.6. The second kappa shape index (κ2) is 7.68. The van der Waals surface area contributed by atoms with Crippen molar-refractivity contribution in [3.8, 4) is 17.4 Å². The average molecular weight is 366 g/mol. The van der Waals surface area contributed by atoms with E-state index in [1.165, 1.54) is 6.26 Å². The third kappa shape index (κ3) is 3.36. The van der Waals surface area contributed by atoms with E-state index >= 15 is 0 Å². The number of aromatic nitrogens is 1. The molecule has 0 aromatic carbocycles. The summed E-state index contributed by atoms with van der Waals surface area (Å²) in [6, 6.07) is 8.89. The molecule has 0 fully saturated rings. The molecule has 0 aliphatic heterocycles. The third-order valence-electron chi connectivity index (χ3n) is 3.56. The van der Waals surface area contributed by atoms with Crippen LogP contribution in [0, 0.1) is 16.0 Å². The molecule has 3 rings (SSSR count). The fraction of sp³-hybridized carbons (Fsp3) is 0.105. The van der Waals surface area contributed by atoms with E-state index in [1.54, 1.807) is 49.6 Å². The molecule has 0 saturated carbocycles. The molecule has 3 aromatic rings. The number of carbonyl (C=O) groups is 1. The summed E-state index contributed by atoms with van der Waals surface area (Å²) in [6.07, 6.45) is 6.33. The van der Waals surface area contributed by atoms with Crippen LogP contribution >= 0.6 is 12.2 Å². The highest BCUT2D eigenvalue weighted by atomic mass is 32.1. The van der Waals surface area contributed by atoms with Crippen molar-refractivity contribution in [2.24, 2.45) is 0 Å². The Morgan fingerprint density at radius 1 is 1.31 bits per heavy atom. The number of rotatable bonds is 5. The van der Waals surface area contributed by atoms with E-state index in [4.69, 9.17) is 25.8 Å². The lowest BCUT2D eigenvalue weighted by Crippen LogP contribution is -2.11. The highest BCUT2D eigenvalue weighted by molar-refractivity contribution is 7.71. The van der Waals surface area contributed by atoms with E-state index < -0.39 is 5.97 Å². The van der Waals surface area contributed by atoms with E-state index in [9.17, 15) is 10.1 Å². The van der Waals surface area contributed by atoms with Crippen LogP contribution < -0.4 is 0 Å². The molecule has 0 aliphatic rings. The first kappa shape index (κ1) is 17.5. The number of nitriles is 1. The van der Waals surface area contributed by atoms with Crippen LogP contribution in [-0.4, -0.2) is 17.6 Å². The monoisotopic (exact) mass is 366 g/mol. The number of furan rings is 2. The van der Waals surface area contributed by atoms with E-state index in [2.05, 4.69) is 4.98 Å². The highest BCUT2D eigenvalue weighted by Gasteiger charge is 2.24. The van der Waals surface area contributed by atoms with Crippen molar-refractivity contribution in [3.05, 3.63) is 64.0 Å². The summed E-state index contributed by atoms with van der Waals surface area (Å²) < 4.78 is 16.1. The Bertz CT molecular complexity index is 1040.